The normalized spacial score (nSPS) is 24.9. The molecule has 0 aromatic heterocycles. The Morgan fingerprint density at radius 2 is 2.12 bits per heavy atom. The Labute approximate surface area is 104 Å². The van der Waals surface area contributed by atoms with Crippen molar-refractivity contribution < 1.29 is 0 Å². The van der Waals surface area contributed by atoms with Crippen LogP contribution in [0, 0.1) is 6.92 Å². The number of benzene rings is 1. The molecular weight excluding hydrogens is 208 g/mol. The Kier molecular flexibility index (Phi) is 3.17. The van der Waals surface area contributed by atoms with Crippen LogP contribution in [-0.4, -0.2) is 31.1 Å². The number of nitrogens with zero attached hydrogens (tertiary/aromatic N) is 1. The number of fused-ring (bicyclic) bond motifs is 1. The van der Waals surface area contributed by atoms with Gasteiger partial charge in [-0.25, -0.2) is 0 Å². The van der Waals surface area contributed by atoms with Gasteiger partial charge >= 0.3 is 0 Å². The van der Waals surface area contributed by atoms with Gasteiger partial charge in [0, 0.05) is 12.6 Å². The standard InChI is InChI=1S/C15H22N2/c1-12-4-5-14-13(10-12)6-7-16-15(14)11-17-8-2-3-9-17/h4-5,10,15-16H,2-3,6-9,11H2,1H3. The van der Waals surface area contributed by atoms with Crippen molar-refractivity contribution in [1.82, 2.24) is 10.2 Å². The highest BCUT2D eigenvalue weighted by Gasteiger charge is 2.23. The van der Waals surface area contributed by atoms with Gasteiger partial charge in [0.1, 0.15) is 0 Å². The van der Waals surface area contributed by atoms with Gasteiger partial charge in [-0.3, -0.25) is 0 Å². The van der Waals surface area contributed by atoms with Crippen LogP contribution in [0.2, 0.25) is 0 Å². The van der Waals surface area contributed by atoms with Gasteiger partial charge in [0.05, 0.1) is 0 Å². The fraction of sp³-hybridized carbons (Fsp3) is 0.600. The van der Waals surface area contributed by atoms with Crippen molar-refractivity contribution in [3.05, 3.63) is 34.9 Å². The third-order valence-corrected chi connectivity index (χ3v) is 4.10. The van der Waals surface area contributed by atoms with Crippen molar-refractivity contribution in [2.45, 2.75) is 32.2 Å². The molecule has 1 fully saturated rings. The summed E-state index contributed by atoms with van der Waals surface area (Å²) in [5.74, 6) is 0. The van der Waals surface area contributed by atoms with Crippen LogP contribution in [-0.2, 0) is 6.42 Å². The van der Waals surface area contributed by atoms with E-state index < -0.39 is 0 Å². The molecule has 2 nitrogen and oxygen atoms in total. The first-order valence-electron chi connectivity index (χ1n) is 6.88. The molecule has 1 aromatic carbocycles. The van der Waals surface area contributed by atoms with Crippen LogP contribution >= 0.6 is 0 Å². The predicted octanol–water partition coefficient (Wildman–Crippen LogP) is 2.28. The van der Waals surface area contributed by atoms with E-state index in [1.807, 2.05) is 0 Å². The first-order valence-corrected chi connectivity index (χ1v) is 6.88. The highest BCUT2D eigenvalue weighted by atomic mass is 15.2. The van der Waals surface area contributed by atoms with Crippen LogP contribution in [0.5, 0.6) is 0 Å². The van der Waals surface area contributed by atoms with Crippen LogP contribution < -0.4 is 5.32 Å². The molecule has 2 heteroatoms. The van der Waals surface area contributed by atoms with E-state index in [1.165, 1.54) is 50.0 Å². The quantitative estimate of drug-likeness (QED) is 0.838. The van der Waals surface area contributed by atoms with E-state index in [0.717, 1.165) is 6.54 Å². The number of aryl methyl sites for hydroxylation is 1. The Hall–Kier alpha value is -0.860. The molecule has 2 aliphatic rings. The van der Waals surface area contributed by atoms with Gasteiger partial charge in [0.25, 0.3) is 0 Å². The minimum atomic E-state index is 0.553. The van der Waals surface area contributed by atoms with E-state index >= 15 is 0 Å². The summed E-state index contributed by atoms with van der Waals surface area (Å²) >= 11 is 0. The van der Waals surface area contributed by atoms with Gasteiger partial charge < -0.3 is 10.2 Å². The zero-order valence-electron chi connectivity index (χ0n) is 10.7. The Morgan fingerprint density at radius 1 is 1.29 bits per heavy atom. The van der Waals surface area contributed by atoms with Crippen LogP contribution in [0.25, 0.3) is 0 Å². The third-order valence-electron chi connectivity index (χ3n) is 4.10. The summed E-state index contributed by atoms with van der Waals surface area (Å²) in [4.78, 5) is 2.60. The number of hydrogen-bond donors (Lipinski definition) is 1. The number of likely N-dealkylation sites (tertiary alicyclic amines) is 1. The molecule has 0 radical (unpaired) electrons. The molecule has 1 atom stereocenters. The monoisotopic (exact) mass is 230 g/mol. The van der Waals surface area contributed by atoms with Gasteiger partial charge in [-0.15, -0.1) is 0 Å². The maximum Gasteiger partial charge on any atom is 0.0452 e. The summed E-state index contributed by atoms with van der Waals surface area (Å²) in [6.45, 7) is 7.10. The molecule has 0 saturated carbocycles. The fourth-order valence-corrected chi connectivity index (χ4v) is 3.17. The Bertz CT molecular complexity index is 394. The van der Waals surface area contributed by atoms with Gasteiger partial charge in [0.15, 0.2) is 0 Å². The van der Waals surface area contributed by atoms with Crippen LogP contribution in [0.15, 0.2) is 18.2 Å². The smallest absolute Gasteiger partial charge is 0.0452 e. The summed E-state index contributed by atoms with van der Waals surface area (Å²) < 4.78 is 0. The SMILES string of the molecule is Cc1ccc2c(c1)CCNC2CN1CCCC1. The number of rotatable bonds is 2. The molecular formula is C15H22N2. The Morgan fingerprint density at radius 3 is 2.94 bits per heavy atom. The zero-order valence-corrected chi connectivity index (χ0v) is 10.7. The van der Waals surface area contributed by atoms with Crippen LogP contribution in [0.4, 0.5) is 0 Å². The van der Waals surface area contributed by atoms with Crippen molar-refractivity contribution in [2.24, 2.45) is 0 Å². The van der Waals surface area contributed by atoms with Crippen LogP contribution in [0.1, 0.15) is 35.6 Å². The molecule has 2 heterocycles. The molecule has 0 bridgehead atoms. The highest BCUT2D eigenvalue weighted by molar-refractivity contribution is 5.36. The summed E-state index contributed by atoms with van der Waals surface area (Å²) in [5, 5.41) is 3.68. The Balaban J connectivity index is 1.78. The van der Waals surface area contributed by atoms with E-state index in [-0.39, 0.29) is 0 Å². The first-order chi connectivity index (χ1) is 8.33. The highest BCUT2D eigenvalue weighted by Crippen LogP contribution is 2.25. The molecule has 0 amide bonds. The van der Waals surface area contributed by atoms with E-state index in [0.29, 0.717) is 6.04 Å². The van der Waals surface area contributed by atoms with E-state index in [1.54, 1.807) is 5.56 Å². The molecule has 3 rings (SSSR count). The van der Waals surface area contributed by atoms with E-state index in [9.17, 15) is 0 Å². The molecule has 0 spiro atoms. The second kappa shape index (κ2) is 4.79. The van der Waals surface area contributed by atoms with E-state index in [2.05, 4.69) is 35.3 Å². The lowest BCUT2D eigenvalue weighted by Gasteiger charge is -2.30. The number of nitrogens with one attached hydrogen (secondary N) is 1. The first kappa shape index (κ1) is 11.2. The lowest BCUT2D eigenvalue weighted by molar-refractivity contribution is 0.287. The fourth-order valence-electron chi connectivity index (χ4n) is 3.17. The molecule has 17 heavy (non-hydrogen) atoms. The lowest BCUT2D eigenvalue weighted by Crippen LogP contribution is -2.38. The minimum absolute atomic E-state index is 0.553. The second-order valence-electron chi connectivity index (χ2n) is 5.47. The minimum Gasteiger partial charge on any atom is -0.309 e. The molecule has 92 valence electrons. The molecule has 2 aliphatic heterocycles. The van der Waals surface area contributed by atoms with Crippen molar-refractivity contribution in [1.29, 1.82) is 0 Å². The molecule has 1 aromatic rings. The van der Waals surface area contributed by atoms with E-state index in [4.69, 9.17) is 0 Å². The average molecular weight is 230 g/mol. The summed E-state index contributed by atoms with van der Waals surface area (Å²) in [6.07, 6.45) is 3.95. The molecule has 1 unspecified atom stereocenters. The van der Waals surface area contributed by atoms with Gasteiger partial charge in [-0.2, -0.15) is 0 Å². The second-order valence-corrected chi connectivity index (χ2v) is 5.47. The maximum absolute atomic E-state index is 3.68. The van der Waals surface area contributed by atoms with Gasteiger partial charge in [-0.05, 0) is 56.9 Å². The van der Waals surface area contributed by atoms with Gasteiger partial charge in [0.2, 0.25) is 0 Å². The van der Waals surface area contributed by atoms with Crippen molar-refractivity contribution >= 4 is 0 Å². The van der Waals surface area contributed by atoms with Crippen molar-refractivity contribution in [3.8, 4) is 0 Å². The van der Waals surface area contributed by atoms with Crippen molar-refractivity contribution in [3.63, 3.8) is 0 Å². The predicted molar refractivity (Wildman–Crippen MR) is 71.3 cm³/mol. The molecule has 0 aliphatic carbocycles. The van der Waals surface area contributed by atoms with Crippen molar-refractivity contribution in [2.75, 3.05) is 26.2 Å². The average Bonchev–Trinajstić information content (AvgIpc) is 2.82. The third kappa shape index (κ3) is 2.38. The summed E-state index contributed by atoms with van der Waals surface area (Å²) in [5.41, 5.74) is 4.49. The number of hydrogen-bond acceptors (Lipinski definition) is 2. The summed E-state index contributed by atoms with van der Waals surface area (Å²) in [6, 6.07) is 7.51. The topological polar surface area (TPSA) is 15.3 Å². The zero-order chi connectivity index (χ0) is 11.7. The summed E-state index contributed by atoms with van der Waals surface area (Å²) in [7, 11) is 0. The molecule has 1 saturated heterocycles. The maximum atomic E-state index is 3.68. The van der Waals surface area contributed by atoms with Crippen LogP contribution in [0.3, 0.4) is 0 Å². The molecule has 1 N–H and O–H groups in total. The largest absolute Gasteiger partial charge is 0.309 e. The van der Waals surface area contributed by atoms with Gasteiger partial charge in [-0.1, -0.05) is 23.8 Å². The lowest BCUT2D eigenvalue weighted by atomic mass is 9.92.